The summed E-state index contributed by atoms with van der Waals surface area (Å²) in [6.45, 7) is 1.03. The number of hydrogen-bond acceptors (Lipinski definition) is 3. The quantitative estimate of drug-likeness (QED) is 0.913. The first-order chi connectivity index (χ1) is 9.72. The first-order valence-electron chi connectivity index (χ1n) is 6.76. The predicted octanol–water partition coefficient (Wildman–Crippen LogP) is 2.40. The van der Waals surface area contributed by atoms with Gasteiger partial charge >= 0.3 is 0 Å². The average molecular weight is 294 g/mol. The molecule has 0 radical (unpaired) electrons. The summed E-state index contributed by atoms with van der Waals surface area (Å²) in [6, 6.07) is 5.46. The molecule has 1 atom stereocenters. The summed E-state index contributed by atoms with van der Waals surface area (Å²) in [5, 5.41) is 3.51. The molecule has 2 heterocycles. The number of carbonyl (C=O) groups excluding carboxylic acids is 1. The fourth-order valence-electron chi connectivity index (χ4n) is 2.35. The molecule has 1 aromatic carbocycles. The van der Waals surface area contributed by atoms with Crippen molar-refractivity contribution in [2.75, 3.05) is 6.61 Å². The summed E-state index contributed by atoms with van der Waals surface area (Å²) in [5.41, 5.74) is 1.71. The van der Waals surface area contributed by atoms with E-state index < -0.39 is 0 Å². The van der Waals surface area contributed by atoms with E-state index in [9.17, 15) is 4.79 Å². The number of nitrogens with zero attached hydrogens (tertiary/aromatic N) is 1. The van der Waals surface area contributed by atoms with Crippen molar-refractivity contribution < 1.29 is 9.53 Å². The number of rotatable bonds is 3. The molecule has 0 unspecified atom stereocenters. The number of benzene rings is 1. The fourth-order valence-corrected chi connectivity index (χ4v) is 2.52. The number of H-pyrrole nitrogens is 1. The van der Waals surface area contributed by atoms with Crippen molar-refractivity contribution in [1.29, 1.82) is 0 Å². The Morgan fingerprint density at radius 2 is 2.40 bits per heavy atom. The van der Waals surface area contributed by atoms with Crippen molar-refractivity contribution >= 4 is 28.5 Å². The molecule has 0 spiro atoms. The average Bonchev–Trinajstić information content (AvgIpc) is 2.87. The lowest BCUT2D eigenvalue weighted by Crippen LogP contribution is -2.38. The number of aromatic nitrogens is 2. The van der Waals surface area contributed by atoms with Crippen molar-refractivity contribution in [3.63, 3.8) is 0 Å². The van der Waals surface area contributed by atoms with Crippen LogP contribution in [-0.4, -0.2) is 28.6 Å². The van der Waals surface area contributed by atoms with Crippen LogP contribution in [0.25, 0.3) is 11.0 Å². The summed E-state index contributed by atoms with van der Waals surface area (Å²) in [4.78, 5) is 19.5. The van der Waals surface area contributed by atoms with Crippen LogP contribution in [0.15, 0.2) is 18.2 Å². The lowest BCUT2D eigenvalue weighted by atomic mass is 10.1. The summed E-state index contributed by atoms with van der Waals surface area (Å²) in [7, 11) is 0. The highest BCUT2D eigenvalue weighted by Gasteiger charge is 2.21. The Kier molecular flexibility index (Phi) is 3.89. The molecule has 2 aromatic rings. The third-order valence-electron chi connectivity index (χ3n) is 3.40. The van der Waals surface area contributed by atoms with Gasteiger partial charge in [-0.3, -0.25) is 4.79 Å². The molecule has 1 aliphatic heterocycles. The molecule has 1 aromatic heterocycles. The van der Waals surface area contributed by atoms with E-state index in [1.54, 1.807) is 6.07 Å². The molecular weight excluding hydrogens is 278 g/mol. The van der Waals surface area contributed by atoms with Crippen LogP contribution in [0.2, 0.25) is 5.02 Å². The lowest BCUT2D eigenvalue weighted by Gasteiger charge is -2.21. The van der Waals surface area contributed by atoms with Crippen molar-refractivity contribution in [3.8, 4) is 0 Å². The van der Waals surface area contributed by atoms with Gasteiger partial charge in [-0.05, 0) is 37.5 Å². The van der Waals surface area contributed by atoms with Gasteiger partial charge < -0.3 is 15.0 Å². The predicted molar refractivity (Wildman–Crippen MR) is 76.5 cm³/mol. The second-order valence-electron chi connectivity index (χ2n) is 4.92. The normalized spacial score (nSPS) is 19.1. The van der Waals surface area contributed by atoms with Crippen molar-refractivity contribution in [1.82, 2.24) is 15.3 Å². The van der Waals surface area contributed by atoms with Crippen molar-refractivity contribution in [2.24, 2.45) is 0 Å². The van der Waals surface area contributed by atoms with Gasteiger partial charge in [-0.25, -0.2) is 4.98 Å². The molecule has 1 aliphatic rings. The second kappa shape index (κ2) is 5.81. The molecule has 20 heavy (non-hydrogen) atoms. The Balaban J connectivity index is 1.63. The van der Waals surface area contributed by atoms with Gasteiger partial charge in [0, 0.05) is 11.6 Å². The molecule has 6 heteroatoms. The van der Waals surface area contributed by atoms with Gasteiger partial charge in [0.2, 0.25) is 5.91 Å². The van der Waals surface area contributed by atoms with Crippen LogP contribution >= 0.6 is 11.6 Å². The van der Waals surface area contributed by atoms with E-state index in [-0.39, 0.29) is 12.0 Å². The molecule has 106 valence electrons. The van der Waals surface area contributed by atoms with Crippen LogP contribution < -0.4 is 5.32 Å². The minimum atomic E-state index is -0.317. The van der Waals surface area contributed by atoms with Crippen LogP contribution in [0.1, 0.15) is 25.1 Å². The molecule has 0 bridgehead atoms. The number of fused-ring (bicyclic) bond motifs is 1. The smallest absolute Gasteiger partial charge is 0.249 e. The maximum absolute atomic E-state index is 11.9. The Morgan fingerprint density at radius 1 is 1.50 bits per heavy atom. The second-order valence-corrected chi connectivity index (χ2v) is 5.35. The van der Waals surface area contributed by atoms with Gasteiger partial charge in [0.1, 0.15) is 11.9 Å². The molecule has 1 fully saturated rings. The minimum absolute atomic E-state index is 0.0665. The van der Waals surface area contributed by atoms with Gasteiger partial charge in [0.15, 0.2) is 0 Å². The number of nitrogens with one attached hydrogen (secondary N) is 2. The van der Waals surface area contributed by atoms with E-state index in [2.05, 4.69) is 15.3 Å². The number of carbonyl (C=O) groups is 1. The zero-order valence-electron chi connectivity index (χ0n) is 11.0. The third-order valence-corrected chi connectivity index (χ3v) is 3.63. The van der Waals surface area contributed by atoms with E-state index in [1.165, 1.54) is 0 Å². The monoisotopic (exact) mass is 293 g/mol. The highest BCUT2D eigenvalue weighted by Crippen LogP contribution is 2.17. The Bertz CT molecular complexity index is 620. The lowest BCUT2D eigenvalue weighted by molar-refractivity contribution is -0.135. The van der Waals surface area contributed by atoms with Crippen molar-refractivity contribution in [3.05, 3.63) is 29.0 Å². The van der Waals surface area contributed by atoms with Gasteiger partial charge in [-0.15, -0.1) is 0 Å². The van der Waals surface area contributed by atoms with Crippen LogP contribution in [0.3, 0.4) is 0 Å². The Morgan fingerprint density at radius 3 is 3.20 bits per heavy atom. The van der Waals surface area contributed by atoms with Crippen LogP contribution in [0.4, 0.5) is 0 Å². The third kappa shape index (κ3) is 2.94. The van der Waals surface area contributed by atoms with Gasteiger partial charge in [0.05, 0.1) is 17.6 Å². The van der Waals surface area contributed by atoms with Crippen LogP contribution in [-0.2, 0) is 16.1 Å². The van der Waals surface area contributed by atoms with Gasteiger partial charge in [-0.1, -0.05) is 11.6 Å². The van der Waals surface area contributed by atoms with E-state index in [0.717, 1.165) is 30.3 Å². The van der Waals surface area contributed by atoms with Crippen LogP contribution in [0, 0.1) is 0 Å². The molecule has 0 saturated carbocycles. The maximum atomic E-state index is 11.9. The fraction of sp³-hybridized carbons (Fsp3) is 0.429. The Labute approximate surface area is 121 Å². The molecule has 2 N–H and O–H groups in total. The van der Waals surface area contributed by atoms with E-state index in [0.29, 0.717) is 24.0 Å². The first-order valence-corrected chi connectivity index (χ1v) is 7.13. The van der Waals surface area contributed by atoms with Crippen molar-refractivity contribution in [2.45, 2.75) is 31.9 Å². The number of imidazole rings is 1. The highest BCUT2D eigenvalue weighted by molar-refractivity contribution is 6.31. The van der Waals surface area contributed by atoms with E-state index >= 15 is 0 Å². The summed E-state index contributed by atoms with van der Waals surface area (Å²) in [5.74, 6) is 0.648. The van der Waals surface area contributed by atoms with Crippen LogP contribution in [0.5, 0.6) is 0 Å². The van der Waals surface area contributed by atoms with Gasteiger partial charge in [-0.2, -0.15) is 0 Å². The van der Waals surface area contributed by atoms with Gasteiger partial charge in [0.25, 0.3) is 0 Å². The number of aromatic amines is 1. The minimum Gasteiger partial charge on any atom is -0.368 e. The summed E-state index contributed by atoms with van der Waals surface area (Å²) < 4.78 is 5.44. The SMILES string of the molecule is O=C(NCc1nc2ccc(Cl)cc2[nH]1)[C@@H]1CCCCO1. The van der Waals surface area contributed by atoms with E-state index in [4.69, 9.17) is 16.3 Å². The highest BCUT2D eigenvalue weighted by atomic mass is 35.5. The first kappa shape index (κ1) is 13.4. The zero-order valence-corrected chi connectivity index (χ0v) is 11.7. The molecular formula is C14H16ClN3O2. The molecule has 1 saturated heterocycles. The summed E-state index contributed by atoms with van der Waals surface area (Å²) in [6.07, 6.45) is 2.55. The van der Waals surface area contributed by atoms with E-state index in [1.807, 2.05) is 12.1 Å². The number of hydrogen-bond donors (Lipinski definition) is 2. The molecule has 3 rings (SSSR count). The molecule has 1 amide bonds. The molecule has 0 aliphatic carbocycles. The number of amides is 1. The number of halogens is 1. The Hall–Kier alpha value is -1.59. The summed E-state index contributed by atoms with van der Waals surface area (Å²) >= 11 is 5.92. The molecule has 5 nitrogen and oxygen atoms in total. The topological polar surface area (TPSA) is 67.0 Å². The number of ether oxygens (including phenoxy) is 1. The standard InChI is InChI=1S/C14H16ClN3O2/c15-9-4-5-10-11(7-9)18-13(17-10)8-16-14(19)12-3-1-2-6-20-12/h4-5,7,12H,1-3,6,8H2,(H,16,19)(H,17,18)/t12-/m0/s1. The zero-order chi connectivity index (χ0) is 13.9. The maximum Gasteiger partial charge on any atom is 0.249 e. The largest absolute Gasteiger partial charge is 0.368 e.